The van der Waals surface area contributed by atoms with Gasteiger partial charge in [-0.1, -0.05) is 18.2 Å². The van der Waals surface area contributed by atoms with Gasteiger partial charge in [-0.15, -0.1) is 11.3 Å². The van der Waals surface area contributed by atoms with Crippen LogP contribution in [0.4, 0.5) is 5.69 Å². The van der Waals surface area contributed by atoms with Crippen molar-refractivity contribution in [1.82, 2.24) is 4.98 Å². The number of aromatic nitrogens is 1. The summed E-state index contributed by atoms with van der Waals surface area (Å²) < 4.78 is 0. The molecule has 1 aromatic heterocycles. The van der Waals surface area contributed by atoms with Crippen LogP contribution in [0, 0.1) is 0 Å². The Morgan fingerprint density at radius 1 is 1.39 bits per heavy atom. The highest BCUT2D eigenvalue weighted by Gasteiger charge is 2.27. The number of nitrogens with two attached hydrogens (primary N) is 1. The van der Waals surface area contributed by atoms with Gasteiger partial charge in [-0.25, -0.2) is 4.98 Å². The lowest BCUT2D eigenvalue weighted by Crippen LogP contribution is -2.22. The van der Waals surface area contributed by atoms with Crippen LogP contribution in [0.15, 0.2) is 35.8 Å². The number of hydrogen-bond acceptors (Lipinski definition) is 4. The van der Waals surface area contributed by atoms with Crippen molar-refractivity contribution >= 4 is 17.0 Å². The number of anilines is 1. The maximum atomic E-state index is 5.72. The van der Waals surface area contributed by atoms with Crippen LogP contribution >= 0.6 is 11.3 Å². The van der Waals surface area contributed by atoms with E-state index in [0.29, 0.717) is 5.92 Å². The maximum Gasteiger partial charge on any atom is 0.112 e. The summed E-state index contributed by atoms with van der Waals surface area (Å²) in [6.07, 6.45) is 2.94. The number of nitrogens with zero attached hydrogens (tertiary/aromatic N) is 2. The van der Waals surface area contributed by atoms with Gasteiger partial charge >= 0.3 is 0 Å². The van der Waals surface area contributed by atoms with Crippen LogP contribution < -0.4 is 10.6 Å². The third-order valence-corrected chi connectivity index (χ3v) is 4.25. The summed E-state index contributed by atoms with van der Waals surface area (Å²) in [6, 6.07) is 8.67. The summed E-state index contributed by atoms with van der Waals surface area (Å²) >= 11 is 1.72. The Hall–Kier alpha value is -1.39. The molecule has 1 unspecified atom stereocenters. The first-order valence-corrected chi connectivity index (χ1v) is 7.19. The molecule has 0 saturated carbocycles. The van der Waals surface area contributed by atoms with Crippen LogP contribution in [0.25, 0.3) is 0 Å². The van der Waals surface area contributed by atoms with Crippen LogP contribution in [0.2, 0.25) is 0 Å². The van der Waals surface area contributed by atoms with Crippen molar-refractivity contribution < 1.29 is 0 Å². The Kier molecular flexibility index (Phi) is 3.30. The number of hydrogen-bond donors (Lipinski definition) is 1. The van der Waals surface area contributed by atoms with Crippen molar-refractivity contribution in [2.75, 3.05) is 18.0 Å². The van der Waals surface area contributed by atoms with Crippen LogP contribution in [0.1, 0.15) is 22.9 Å². The lowest BCUT2D eigenvalue weighted by Gasteiger charge is -2.18. The summed E-state index contributed by atoms with van der Waals surface area (Å²) in [5.41, 5.74) is 8.52. The first-order chi connectivity index (χ1) is 8.88. The molecular formula is C14H17N3S. The van der Waals surface area contributed by atoms with Crippen LogP contribution in [0.3, 0.4) is 0 Å². The van der Waals surface area contributed by atoms with E-state index in [4.69, 9.17) is 5.73 Å². The van der Waals surface area contributed by atoms with E-state index in [1.54, 1.807) is 11.3 Å². The van der Waals surface area contributed by atoms with Gasteiger partial charge in [-0.2, -0.15) is 0 Å². The molecule has 0 spiro atoms. The normalized spacial score (nSPS) is 18.1. The van der Waals surface area contributed by atoms with Crippen molar-refractivity contribution in [2.45, 2.75) is 18.9 Å². The van der Waals surface area contributed by atoms with Crippen molar-refractivity contribution in [2.24, 2.45) is 5.73 Å². The Morgan fingerprint density at radius 3 is 3.06 bits per heavy atom. The minimum atomic E-state index is 0.575. The third kappa shape index (κ3) is 2.13. The fraction of sp³-hybridized carbons (Fsp3) is 0.357. The topological polar surface area (TPSA) is 42.1 Å². The molecule has 0 aliphatic carbocycles. The largest absolute Gasteiger partial charge is 0.364 e. The molecule has 1 aliphatic heterocycles. The molecule has 0 radical (unpaired) electrons. The zero-order valence-corrected chi connectivity index (χ0v) is 11.1. The Labute approximate surface area is 111 Å². The number of benzene rings is 1. The summed E-state index contributed by atoms with van der Waals surface area (Å²) in [7, 11) is 0. The third-order valence-electron chi connectivity index (χ3n) is 3.48. The fourth-order valence-corrected chi connectivity index (χ4v) is 3.31. The average Bonchev–Trinajstić information content (AvgIpc) is 3.00. The highest BCUT2D eigenvalue weighted by atomic mass is 32.1. The summed E-state index contributed by atoms with van der Waals surface area (Å²) in [4.78, 5) is 6.80. The molecule has 1 aromatic carbocycles. The molecule has 2 N–H and O–H groups in total. The molecule has 0 bridgehead atoms. The molecule has 3 rings (SSSR count). The minimum absolute atomic E-state index is 0.575. The predicted molar refractivity (Wildman–Crippen MR) is 76.0 cm³/mol. The van der Waals surface area contributed by atoms with Crippen LogP contribution in [-0.4, -0.2) is 18.1 Å². The van der Waals surface area contributed by atoms with Gasteiger partial charge in [0.05, 0.1) is 6.54 Å². The van der Waals surface area contributed by atoms with Gasteiger partial charge in [0.1, 0.15) is 5.01 Å². The molecular weight excluding hydrogens is 242 g/mol. The molecule has 3 nitrogen and oxygen atoms in total. The quantitative estimate of drug-likeness (QED) is 0.917. The Morgan fingerprint density at radius 2 is 2.28 bits per heavy atom. The van der Waals surface area contributed by atoms with Crippen LogP contribution in [0.5, 0.6) is 0 Å². The van der Waals surface area contributed by atoms with Gasteiger partial charge in [0.15, 0.2) is 0 Å². The zero-order chi connectivity index (χ0) is 12.4. The lowest BCUT2D eigenvalue weighted by atomic mass is 9.98. The van der Waals surface area contributed by atoms with Gasteiger partial charge in [-0.05, 0) is 24.6 Å². The second-order valence-electron chi connectivity index (χ2n) is 4.64. The van der Waals surface area contributed by atoms with E-state index in [0.717, 1.165) is 26.1 Å². The second kappa shape index (κ2) is 5.08. The molecule has 94 valence electrons. The van der Waals surface area contributed by atoms with Crippen molar-refractivity contribution in [3.63, 3.8) is 0 Å². The van der Waals surface area contributed by atoms with Crippen molar-refractivity contribution in [3.8, 4) is 0 Å². The van der Waals surface area contributed by atoms with Gasteiger partial charge in [0.2, 0.25) is 0 Å². The lowest BCUT2D eigenvalue weighted by molar-refractivity contribution is 0.643. The highest BCUT2D eigenvalue weighted by Crippen LogP contribution is 2.38. The number of rotatable bonds is 4. The first kappa shape index (κ1) is 11.7. The summed E-state index contributed by atoms with van der Waals surface area (Å²) in [5.74, 6) is 0.575. The standard InChI is InChI=1S/C14H17N3S/c15-6-5-11-9-17(10-14-16-7-8-18-14)13-4-2-1-3-12(11)13/h1-4,7-8,11H,5-6,9-10,15H2. The summed E-state index contributed by atoms with van der Waals surface area (Å²) in [5, 5.41) is 3.22. The van der Waals surface area contributed by atoms with Gasteiger partial charge in [-0.3, -0.25) is 0 Å². The van der Waals surface area contributed by atoms with E-state index in [2.05, 4.69) is 34.1 Å². The monoisotopic (exact) mass is 259 g/mol. The van der Waals surface area contributed by atoms with Gasteiger partial charge in [0, 0.05) is 29.7 Å². The predicted octanol–water partition coefficient (Wildman–Crippen LogP) is 2.60. The zero-order valence-electron chi connectivity index (χ0n) is 10.2. The van der Waals surface area contributed by atoms with Crippen LogP contribution in [-0.2, 0) is 6.54 Å². The molecule has 0 saturated heterocycles. The number of fused-ring (bicyclic) bond motifs is 1. The molecule has 2 heterocycles. The molecule has 1 atom stereocenters. The van der Waals surface area contributed by atoms with E-state index < -0.39 is 0 Å². The van der Waals surface area contributed by atoms with E-state index in [1.807, 2.05) is 11.6 Å². The number of thiazole rings is 1. The highest BCUT2D eigenvalue weighted by molar-refractivity contribution is 7.09. The SMILES string of the molecule is NCCC1CN(Cc2nccs2)c2ccccc21. The Bertz CT molecular complexity index is 510. The van der Waals surface area contributed by atoms with Gasteiger partial charge < -0.3 is 10.6 Å². The van der Waals surface area contributed by atoms with E-state index in [-0.39, 0.29) is 0 Å². The molecule has 18 heavy (non-hydrogen) atoms. The maximum absolute atomic E-state index is 5.72. The first-order valence-electron chi connectivity index (χ1n) is 6.31. The molecule has 2 aromatic rings. The van der Waals surface area contributed by atoms with Gasteiger partial charge in [0.25, 0.3) is 0 Å². The minimum Gasteiger partial charge on any atom is -0.364 e. The van der Waals surface area contributed by atoms with E-state index >= 15 is 0 Å². The molecule has 4 heteroatoms. The van der Waals surface area contributed by atoms with Crippen molar-refractivity contribution in [1.29, 1.82) is 0 Å². The molecule has 1 aliphatic rings. The second-order valence-corrected chi connectivity index (χ2v) is 5.62. The smallest absolute Gasteiger partial charge is 0.112 e. The van der Waals surface area contributed by atoms with E-state index in [1.165, 1.54) is 16.3 Å². The fourth-order valence-electron chi connectivity index (χ4n) is 2.68. The molecule has 0 fully saturated rings. The average molecular weight is 259 g/mol. The summed E-state index contributed by atoms with van der Waals surface area (Å²) in [6.45, 7) is 2.73. The van der Waals surface area contributed by atoms with E-state index in [9.17, 15) is 0 Å². The van der Waals surface area contributed by atoms with Crippen molar-refractivity contribution in [3.05, 3.63) is 46.4 Å². The Balaban J connectivity index is 1.85. The molecule has 0 amide bonds. The number of para-hydroxylation sites is 1.